The van der Waals surface area contributed by atoms with Crippen LogP contribution in [0, 0.1) is 11.3 Å². The highest BCUT2D eigenvalue weighted by atomic mass is 16.6. The Hall–Kier alpha value is -5.03. The van der Waals surface area contributed by atoms with E-state index in [0.717, 1.165) is 11.3 Å². The second kappa shape index (κ2) is 10.3. The highest BCUT2D eigenvalue weighted by Gasteiger charge is 2.39. The Bertz CT molecular complexity index is 1500. The molecule has 2 N–H and O–H groups in total. The minimum atomic E-state index is -0.653. The van der Waals surface area contributed by atoms with Gasteiger partial charge in [-0.1, -0.05) is 66.7 Å². The Kier molecular flexibility index (Phi) is 6.60. The number of carbonyl (C=O) groups excluding carboxylic acids is 1. The van der Waals surface area contributed by atoms with Crippen LogP contribution in [-0.2, 0) is 9.53 Å². The van der Waals surface area contributed by atoms with Crippen LogP contribution in [0.25, 0.3) is 16.9 Å². The zero-order valence-corrected chi connectivity index (χ0v) is 20.1. The Morgan fingerprint density at radius 2 is 1.73 bits per heavy atom. The summed E-state index contributed by atoms with van der Waals surface area (Å²) in [5.74, 6) is -0.314. The van der Waals surface area contributed by atoms with E-state index < -0.39 is 11.9 Å². The molecule has 2 heterocycles. The fraction of sp³-hybridized carbons (Fsp3) is 0.138. The van der Waals surface area contributed by atoms with Crippen molar-refractivity contribution < 1.29 is 19.0 Å². The van der Waals surface area contributed by atoms with E-state index in [1.54, 1.807) is 23.7 Å². The van der Waals surface area contributed by atoms with E-state index in [4.69, 9.17) is 25.0 Å². The highest BCUT2D eigenvalue weighted by Crippen LogP contribution is 2.49. The van der Waals surface area contributed by atoms with Crippen LogP contribution in [0.15, 0.2) is 96.4 Å². The minimum Gasteiger partial charge on any atom is -0.482 e. The predicted molar refractivity (Wildman–Crippen MR) is 137 cm³/mol. The molecule has 0 saturated heterocycles. The number of hydrogen-bond donors (Lipinski definition) is 1. The topological polar surface area (TPSA) is 112 Å². The van der Waals surface area contributed by atoms with Crippen molar-refractivity contribution in [2.75, 3.05) is 13.2 Å². The van der Waals surface area contributed by atoms with E-state index in [1.807, 2.05) is 72.8 Å². The molecule has 5 rings (SSSR count). The van der Waals surface area contributed by atoms with Crippen molar-refractivity contribution in [2.24, 2.45) is 5.73 Å². The van der Waals surface area contributed by atoms with Gasteiger partial charge in [0.05, 0.1) is 23.8 Å². The maximum absolute atomic E-state index is 12.0. The molecule has 0 aliphatic carbocycles. The number of fused-ring (bicyclic) bond motifs is 1. The fourth-order valence-electron chi connectivity index (χ4n) is 4.39. The lowest BCUT2D eigenvalue weighted by molar-refractivity contribution is -0.145. The number of nitrogens with two attached hydrogens (primary N) is 1. The van der Waals surface area contributed by atoms with Gasteiger partial charge in [-0.15, -0.1) is 0 Å². The summed E-state index contributed by atoms with van der Waals surface area (Å²) in [4.78, 5) is 12.0. The quantitative estimate of drug-likeness (QED) is 0.372. The Balaban J connectivity index is 1.73. The van der Waals surface area contributed by atoms with Gasteiger partial charge in [0.25, 0.3) is 0 Å². The summed E-state index contributed by atoms with van der Waals surface area (Å²) in [6.45, 7) is 1.72. The van der Waals surface area contributed by atoms with E-state index >= 15 is 0 Å². The molecule has 4 aromatic rings. The minimum absolute atomic E-state index is 0.0168. The zero-order chi connectivity index (χ0) is 25.8. The average molecular weight is 493 g/mol. The number of carbonyl (C=O) groups is 1. The molecule has 8 nitrogen and oxygen atoms in total. The second-order valence-corrected chi connectivity index (χ2v) is 8.24. The van der Waals surface area contributed by atoms with Gasteiger partial charge in [-0.25, -0.2) is 4.79 Å². The summed E-state index contributed by atoms with van der Waals surface area (Å²) in [7, 11) is 0. The van der Waals surface area contributed by atoms with Gasteiger partial charge >= 0.3 is 5.97 Å². The van der Waals surface area contributed by atoms with E-state index in [2.05, 4.69) is 6.07 Å². The molecule has 8 heteroatoms. The predicted octanol–water partition coefficient (Wildman–Crippen LogP) is 4.70. The SMILES string of the molecule is CCOC(=O)COc1ccccc1C1C(C#N)=C(N)Oc2c1c(-c1ccccc1)nn2-c1ccccc1. The molecule has 0 spiro atoms. The van der Waals surface area contributed by atoms with Crippen LogP contribution in [0.4, 0.5) is 0 Å². The average Bonchev–Trinajstić information content (AvgIpc) is 3.31. The molecule has 1 aliphatic heterocycles. The van der Waals surface area contributed by atoms with Gasteiger partial charge < -0.3 is 19.9 Å². The van der Waals surface area contributed by atoms with E-state index in [1.165, 1.54) is 0 Å². The number of ether oxygens (including phenoxy) is 3. The Morgan fingerprint density at radius 1 is 1.05 bits per heavy atom. The van der Waals surface area contributed by atoms with Crippen LogP contribution in [0.5, 0.6) is 11.6 Å². The summed E-state index contributed by atoms with van der Waals surface area (Å²) < 4.78 is 18.6. The molecule has 1 aromatic heterocycles. The number of benzene rings is 3. The monoisotopic (exact) mass is 492 g/mol. The van der Waals surface area contributed by atoms with Crippen molar-refractivity contribution >= 4 is 5.97 Å². The second-order valence-electron chi connectivity index (χ2n) is 8.24. The molecule has 0 amide bonds. The number of aromatic nitrogens is 2. The van der Waals surface area contributed by atoms with Crippen molar-refractivity contribution in [1.29, 1.82) is 5.26 Å². The van der Waals surface area contributed by atoms with Gasteiger partial charge in [-0.05, 0) is 25.1 Å². The van der Waals surface area contributed by atoms with Gasteiger partial charge in [-0.2, -0.15) is 15.0 Å². The number of esters is 1. The van der Waals surface area contributed by atoms with Gasteiger partial charge in [0, 0.05) is 11.1 Å². The summed E-state index contributed by atoms with van der Waals surface area (Å²) in [5, 5.41) is 15.1. The number of nitriles is 1. The van der Waals surface area contributed by atoms with Gasteiger partial charge in [0.1, 0.15) is 23.1 Å². The van der Waals surface area contributed by atoms with Gasteiger partial charge in [-0.3, -0.25) is 0 Å². The standard InChI is InChI=1S/C29H24N4O4/c1-2-35-24(34)18-36-23-16-10-9-15-21(23)25-22(17-30)28(31)37-29-26(25)27(19-11-5-3-6-12-19)32-33(29)20-13-7-4-8-14-20/h3-16,25H,2,18,31H2,1H3. The highest BCUT2D eigenvalue weighted by molar-refractivity contribution is 5.73. The molecule has 1 atom stereocenters. The van der Waals surface area contributed by atoms with E-state index in [0.29, 0.717) is 28.5 Å². The molecule has 1 aliphatic rings. The summed E-state index contributed by atoms with van der Waals surface area (Å²) in [6, 6.07) is 28.7. The summed E-state index contributed by atoms with van der Waals surface area (Å²) >= 11 is 0. The molecule has 0 bridgehead atoms. The molecule has 3 aromatic carbocycles. The number of hydrogen-bond acceptors (Lipinski definition) is 7. The lowest BCUT2D eigenvalue weighted by atomic mass is 9.82. The molecular weight excluding hydrogens is 468 g/mol. The van der Waals surface area contributed by atoms with Crippen molar-refractivity contribution in [1.82, 2.24) is 9.78 Å². The Morgan fingerprint density at radius 3 is 2.43 bits per heavy atom. The van der Waals surface area contributed by atoms with Gasteiger partial charge in [0.15, 0.2) is 6.61 Å². The number of rotatable bonds is 7. The molecule has 37 heavy (non-hydrogen) atoms. The van der Waals surface area contributed by atoms with Crippen LogP contribution in [0.2, 0.25) is 0 Å². The molecule has 1 unspecified atom stereocenters. The number of allylic oxidation sites excluding steroid dienone is 1. The zero-order valence-electron chi connectivity index (χ0n) is 20.1. The third-order valence-corrected chi connectivity index (χ3v) is 5.98. The maximum Gasteiger partial charge on any atom is 0.344 e. The van der Waals surface area contributed by atoms with Crippen molar-refractivity contribution in [3.05, 3.63) is 108 Å². The third-order valence-electron chi connectivity index (χ3n) is 5.98. The van der Waals surface area contributed by atoms with Crippen LogP contribution in [-0.4, -0.2) is 29.0 Å². The largest absolute Gasteiger partial charge is 0.482 e. The number of nitrogens with zero attached hydrogens (tertiary/aromatic N) is 3. The first-order chi connectivity index (χ1) is 18.1. The molecular formula is C29H24N4O4. The lowest BCUT2D eigenvalue weighted by Gasteiger charge is -2.26. The molecule has 0 saturated carbocycles. The fourth-order valence-corrected chi connectivity index (χ4v) is 4.39. The summed E-state index contributed by atoms with van der Waals surface area (Å²) in [6.07, 6.45) is 0. The van der Waals surface area contributed by atoms with Crippen LogP contribution in [0.1, 0.15) is 24.0 Å². The maximum atomic E-state index is 12.0. The van der Waals surface area contributed by atoms with E-state index in [-0.39, 0.29) is 24.7 Å². The van der Waals surface area contributed by atoms with E-state index in [9.17, 15) is 10.1 Å². The smallest absolute Gasteiger partial charge is 0.344 e. The first-order valence-electron chi connectivity index (χ1n) is 11.8. The first kappa shape index (κ1) is 23.7. The van der Waals surface area contributed by atoms with Crippen LogP contribution >= 0.6 is 0 Å². The third kappa shape index (κ3) is 4.50. The van der Waals surface area contributed by atoms with Crippen molar-refractivity contribution in [2.45, 2.75) is 12.8 Å². The summed E-state index contributed by atoms with van der Waals surface area (Å²) in [5.41, 5.74) is 10.1. The van der Waals surface area contributed by atoms with Crippen LogP contribution < -0.4 is 15.2 Å². The Labute approximate surface area is 214 Å². The van der Waals surface area contributed by atoms with Gasteiger partial charge in [0.2, 0.25) is 11.8 Å². The number of para-hydroxylation sites is 2. The molecule has 0 fully saturated rings. The normalized spacial score (nSPS) is 14.3. The van der Waals surface area contributed by atoms with Crippen molar-refractivity contribution in [3.8, 4) is 34.6 Å². The van der Waals surface area contributed by atoms with Crippen LogP contribution in [0.3, 0.4) is 0 Å². The van der Waals surface area contributed by atoms with Crippen molar-refractivity contribution in [3.63, 3.8) is 0 Å². The first-order valence-corrected chi connectivity index (χ1v) is 11.8. The lowest BCUT2D eigenvalue weighted by Crippen LogP contribution is -2.23. The molecule has 0 radical (unpaired) electrons. The molecule has 184 valence electrons.